The van der Waals surface area contributed by atoms with E-state index in [0.717, 1.165) is 0 Å². The van der Waals surface area contributed by atoms with Gasteiger partial charge in [0.15, 0.2) is 0 Å². The lowest BCUT2D eigenvalue weighted by Gasteiger charge is -2.06. The summed E-state index contributed by atoms with van der Waals surface area (Å²) in [7, 11) is 5.64. The molecule has 0 atom stereocenters. The molecule has 0 unspecified atom stereocenters. The van der Waals surface area contributed by atoms with Crippen molar-refractivity contribution in [3.63, 3.8) is 0 Å². The minimum atomic E-state index is 1.21. The molecule has 3 heteroatoms. The Balaban J connectivity index is 2.62. The molecular formula is C12H14BN2+. The van der Waals surface area contributed by atoms with E-state index in [0.29, 0.717) is 0 Å². The van der Waals surface area contributed by atoms with Crippen LogP contribution in [0.5, 0.6) is 0 Å². The molecule has 0 fully saturated rings. The second-order valence-corrected chi connectivity index (χ2v) is 4.02. The fourth-order valence-electron chi connectivity index (χ4n) is 2.08. The molecule has 2 radical (unpaired) electrons. The fraction of sp³-hybridized carbons (Fsp3) is 0.250. The van der Waals surface area contributed by atoms with E-state index in [1.54, 1.807) is 4.48 Å². The lowest BCUT2D eigenvalue weighted by molar-refractivity contribution is -0.520. The topological polar surface area (TPSA) is 8.81 Å². The first kappa shape index (κ1) is 10.0. The second-order valence-electron chi connectivity index (χ2n) is 4.02. The van der Waals surface area contributed by atoms with Gasteiger partial charge in [-0.15, -0.1) is 0 Å². The van der Waals surface area contributed by atoms with Crippen molar-refractivity contribution in [1.82, 2.24) is 4.57 Å². The maximum absolute atomic E-state index is 5.64. The van der Waals surface area contributed by atoms with Gasteiger partial charge in [0.2, 0.25) is 6.33 Å². The number of rotatable bonds is 1. The largest absolute Gasteiger partial charge is 0.408 e. The predicted octanol–water partition coefficient (Wildman–Crippen LogP) is 1.62. The molecule has 0 aliphatic rings. The van der Waals surface area contributed by atoms with Gasteiger partial charge in [0, 0.05) is 0 Å². The van der Waals surface area contributed by atoms with E-state index in [-0.39, 0.29) is 0 Å². The summed E-state index contributed by atoms with van der Waals surface area (Å²) in [5, 5.41) is 0. The number of aryl methyl sites for hydroxylation is 3. The third-order valence-electron chi connectivity index (χ3n) is 2.55. The van der Waals surface area contributed by atoms with Crippen molar-refractivity contribution in [2.24, 2.45) is 0 Å². The number of benzene rings is 1. The first-order valence-electron chi connectivity index (χ1n) is 5.00. The molecule has 1 aromatic carbocycles. The van der Waals surface area contributed by atoms with Crippen LogP contribution in [-0.4, -0.2) is 12.5 Å². The van der Waals surface area contributed by atoms with Crippen molar-refractivity contribution in [2.75, 3.05) is 0 Å². The monoisotopic (exact) mass is 197 g/mol. The zero-order valence-corrected chi connectivity index (χ0v) is 9.36. The molecule has 0 saturated carbocycles. The zero-order valence-electron chi connectivity index (χ0n) is 9.36. The van der Waals surface area contributed by atoms with Crippen molar-refractivity contribution in [1.29, 1.82) is 0 Å². The molecule has 15 heavy (non-hydrogen) atoms. The SMILES string of the molecule is [B][n+]1ccn(-c2c(C)cc(C)cc2C)c1. The third kappa shape index (κ3) is 1.82. The summed E-state index contributed by atoms with van der Waals surface area (Å²) in [6, 6.07) is 4.37. The van der Waals surface area contributed by atoms with Crippen LogP contribution in [0.2, 0.25) is 0 Å². The van der Waals surface area contributed by atoms with Crippen LogP contribution in [0, 0.1) is 20.8 Å². The number of hydrogen-bond donors (Lipinski definition) is 0. The molecular weight excluding hydrogens is 183 g/mol. The normalized spacial score (nSPS) is 10.6. The highest BCUT2D eigenvalue weighted by Gasteiger charge is 2.11. The average Bonchev–Trinajstić information content (AvgIpc) is 2.49. The van der Waals surface area contributed by atoms with Crippen molar-refractivity contribution in [3.05, 3.63) is 47.5 Å². The van der Waals surface area contributed by atoms with Gasteiger partial charge in [0.05, 0.1) is 0 Å². The van der Waals surface area contributed by atoms with Gasteiger partial charge in [0.25, 0.3) is 0 Å². The molecule has 2 nitrogen and oxygen atoms in total. The molecule has 0 bridgehead atoms. The number of aromatic nitrogens is 2. The van der Waals surface area contributed by atoms with Gasteiger partial charge >= 0.3 is 7.98 Å². The zero-order chi connectivity index (χ0) is 11.0. The molecule has 2 aromatic rings. The van der Waals surface area contributed by atoms with Crippen LogP contribution < -0.4 is 4.48 Å². The van der Waals surface area contributed by atoms with E-state index in [1.165, 1.54) is 22.4 Å². The minimum absolute atomic E-state index is 1.21. The summed E-state index contributed by atoms with van der Waals surface area (Å²) >= 11 is 0. The van der Waals surface area contributed by atoms with Crippen molar-refractivity contribution >= 4 is 7.98 Å². The van der Waals surface area contributed by atoms with Gasteiger partial charge in [0.1, 0.15) is 18.1 Å². The molecule has 0 aliphatic carbocycles. The highest BCUT2D eigenvalue weighted by atomic mass is 15.1. The lowest BCUT2D eigenvalue weighted by atomic mass is 10.1. The maximum atomic E-state index is 5.64. The Hall–Kier alpha value is -1.51. The maximum Gasteiger partial charge on any atom is 0.408 e. The lowest BCUT2D eigenvalue weighted by Crippen LogP contribution is -2.27. The predicted molar refractivity (Wildman–Crippen MR) is 61.3 cm³/mol. The summed E-state index contributed by atoms with van der Waals surface area (Å²) in [5.41, 5.74) is 5.04. The van der Waals surface area contributed by atoms with Crippen molar-refractivity contribution in [2.45, 2.75) is 20.8 Å². The Morgan fingerprint density at radius 3 is 2.20 bits per heavy atom. The summed E-state index contributed by atoms with van der Waals surface area (Å²) in [6.07, 6.45) is 5.66. The highest BCUT2D eigenvalue weighted by molar-refractivity contribution is 5.94. The number of hydrogen-bond acceptors (Lipinski definition) is 0. The molecule has 2 rings (SSSR count). The minimum Gasteiger partial charge on any atom is -0.306 e. The van der Waals surface area contributed by atoms with Crippen molar-refractivity contribution in [3.8, 4) is 5.69 Å². The molecule has 0 aliphatic heterocycles. The van der Waals surface area contributed by atoms with Crippen LogP contribution in [-0.2, 0) is 0 Å². The van der Waals surface area contributed by atoms with Crippen molar-refractivity contribution < 1.29 is 4.48 Å². The molecule has 0 amide bonds. The van der Waals surface area contributed by atoms with Gasteiger partial charge in [-0.2, -0.15) is 0 Å². The average molecular weight is 197 g/mol. The number of imidazole rings is 1. The van der Waals surface area contributed by atoms with E-state index < -0.39 is 0 Å². The Morgan fingerprint density at radius 2 is 1.73 bits per heavy atom. The number of nitrogens with zero attached hydrogens (tertiary/aromatic N) is 2. The summed E-state index contributed by atoms with van der Waals surface area (Å²) in [4.78, 5) is 0. The molecule has 74 valence electrons. The van der Waals surface area contributed by atoms with E-state index >= 15 is 0 Å². The molecule has 0 saturated heterocycles. The quantitative estimate of drug-likeness (QED) is 0.614. The van der Waals surface area contributed by atoms with Gasteiger partial charge < -0.3 is 4.48 Å². The standard InChI is InChI=1S/C12H14BN2/c1-9-6-10(2)12(11(3)7-9)14-4-5-15(13)8-14/h4-8H,1-3H3/q+1. The molecule has 1 heterocycles. The highest BCUT2D eigenvalue weighted by Crippen LogP contribution is 2.19. The Morgan fingerprint density at radius 1 is 1.13 bits per heavy atom. The van der Waals surface area contributed by atoms with Crippen LogP contribution in [0.15, 0.2) is 30.9 Å². The van der Waals surface area contributed by atoms with Crippen LogP contribution in [0.1, 0.15) is 16.7 Å². The van der Waals surface area contributed by atoms with Crippen LogP contribution >= 0.6 is 0 Å². The van der Waals surface area contributed by atoms with E-state index in [9.17, 15) is 0 Å². The summed E-state index contributed by atoms with van der Waals surface area (Å²) in [6.45, 7) is 6.36. The van der Waals surface area contributed by atoms with Crippen LogP contribution in [0.4, 0.5) is 0 Å². The smallest absolute Gasteiger partial charge is 0.306 e. The van der Waals surface area contributed by atoms with Gasteiger partial charge in [-0.05, 0) is 31.9 Å². The van der Waals surface area contributed by atoms with E-state index in [1.807, 2.05) is 23.3 Å². The first-order valence-corrected chi connectivity index (χ1v) is 5.00. The van der Waals surface area contributed by atoms with E-state index in [4.69, 9.17) is 7.98 Å². The summed E-state index contributed by atoms with van der Waals surface area (Å²) in [5.74, 6) is 0. The Bertz CT molecular complexity index is 477. The molecule has 0 N–H and O–H groups in total. The van der Waals surface area contributed by atoms with Gasteiger partial charge in [-0.25, -0.2) is 4.57 Å². The molecule has 1 aromatic heterocycles. The van der Waals surface area contributed by atoms with Gasteiger partial charge in [-0.1, -0.05) is 17.7 Å². The molecule has 0 spiro atoms. The third-order valence-corrected chi connectivity index (χ3v) is 2.55. The van der Waals surface area contributed by atoms with E-state index in [2.05, 4.69) is 32.9 Å². The Kier molecular flexibility index (Phi) is 2.39. The summed E-state index contributed by atoms with van der Waals surface area (Å²) < 4.78 is 3.60. The van der Waals surface area contributed by atoms with Crippen LogP contribution in [0.3, 0.4) is 0 Å². The Labute approximate surface area is 91.6 Å². The van der Waals surface area contributed by atoms with Gasteiger partial charge in [-0.3, -0.25) is 0 Å². The second kappa shape index (κ2) is 3.57. The first-order chi connectivity index (χ1) is 7.08. The van der Waals surface area contributed by atoms with Crippen LogP contribution in [0.25, 0.3) is 5.69 Å². The fourth-order valence-corrected chi connectivity index (χ4v) is 2.08.